The average Bonchev–Trinajstić information content (AvgIpc) is 3.68. The van der Waals surface area contributed by atoms with Crippen molar-refractivity contribution in [3.63, 3.8) is 0 Å². The van der Waals surface area contributed by atoms with Gasteiger partial charge in [0.05, 0.1) is 24.5 Å². The van der Waals surface area contributed by atoms with Crippen LogP contribution in [0.4, 0.5) is 5.69 Å². The molecule has 5 aromatic rings. The summed E-state index contributed by atoms with van der Waals surface area (Å²) < 4.78 is 18.0. The molecule has 0 bridgehead atoms. The van der Waals surface area contributed by atoms with Crippen molar-refractivity contribution in [3.8, 4) is 23.2 Å². The van der Waals surface area contributed by atoms with Crippen LogP contribution in [0.3, 0.4) is 0 Å². The van der Waals surface area contributed by atoms with Gasteiger partial charge in [0.1, 0.15) is 17.6 Å². The molecular weight excluding hydrogens is 454 g/mol. The van der Waals surface area contributed by atoms with E-state index in [2.05, 4.69) is 32.0 Å². The Balaban J connectivity index is 1.28. The molecule has 0 unspecified atom stereocenters. The molecule has 1 N–H and O–H groups in total. The van der Waals surface area contributed by atoms with Gasteiger partial charge in [-0.15, -0.1) is 5.10 Å². The topological polar surface area (TPSA) is 92.4 Å². The number of nitrogens with zero attached hydrogens (tertiary/aromatic N) is 5. The molecule has 0 amide bonds. The summed E-state index contributed by atoms with van der Waals surface area (Å²) in [6.07, 6.45) is 3.24. The third-order valence-corrected chi connectivity index (χ3v) is 7.19. The fourth-order valence-corrected chi connectivity index (χ4v) is 5.49. The van der Waals surface area contributed by atoms with E-state index < -0.39 is 0 Å². The lowest BCUT2D eigenvalue weighted by Gasteiger charge is -2.39. The summed E-state index contributed by atoms with van der Waals surface area (Å²) in [6, 6.07) is 15.3. The SMILES string of the molecule is COc1ccc(N2CCN([C@H](c3ccco3)c3sc4nc(-c5ccco5)nn4c3O)CC2)cc1. The zero-order valence-corrected chi connectivity index (χ0v) is 19.3. The molecular formula is C24H23N5O4S. The molecule has 10 heteroatoms. The van der Waals surface area contributed by atoms with Crippen molar-refractivity contribution in [2.24, 2.45) is 0 Å². The van der Waals surface area contributed by atoms with E-state index >= 15 is 0 Å². The van der Waals surface area contributed by atoms with Crippen molar-refractivity contribution in [1.29, 1.82) is 0 Å². The second-order valence-corrected chi connectivity index (χ2v) is 9.05. The first-order valence-electron chi connectivity index (χ1n) is 11.0. The van der Waals surface area contributed by atoms with Gasteiger partial charge < -0.3 is 23.6 Å². The van der Waals surface area contributed by atoms with Gasteiger partial charge in [-0.25, -0.2) is 0 Å². The molecule has 1 aliphatic heterocycles. The minimum absolute atomic E-state index is 0.0734. The molecule has 9 nitrogen and oxygen atoms in total. The third kappa shape index (κ3) is 3.61. The number of fused-ring (bicyclic) bond motifs is 1. The van der Waals surface area contributed by atoms with Crippen molar-refractivity contribution in [2.45, 2.75) is 6.04 Å². The maximum Gasteiger partial charge on any atom is 0.230 e. The maximum absolute atomic E-state index is 11.1. The number of aromatic nitrogens is 3. The number of hydrogen-bond acceptors (Lipinski definition) is 9. The number of piperazine rings is 1. The first-order valence-corrected chi connectivity index (χ1v) is 11.8. The number of anilines is 1. The molecule has 0 saturated carbocycles. The number of benzene rings is 1. The summed E-state index contributed by atoms with van der Waals surface area (Å²) in [5.41, 5.74) is 1.17. The molecule has 1 saturated heterocycles. The number of furan rings is 2. The summed E-state index contributed by atoms with van der Waals surface area (Å²) in [6.45, 7) is 3.33. The van der Waals surface area contributed by atoms with E-state index in [0.717, 1.165) is 42.6 Å². The third-order valence-electron chi connectivity index (χ3n) is 6.12. The summed E-state index contributed by atoms with van der Waals surface area (Å²) in [7, 11) is 1.67. The Hall–Kier alpha value is -3.76. The number of ether oxygens (including phenoxy) is 1. The monoisotopic (exact) mass is 477 g/mol. The van der Waals surface area contributed by atoms with Crippen molar-refractivity contribution >= 4 is 22.0 Å². The van der Waals surface area contributed by atoms with Gasteiger partial charge in [-0.1, -0.05) is 11.3 Å². The zero-order valence-electron chi connectivity index (χ0n) is 18.5. The van der Waals surface area contributed by atoms with Gasteiger partial charge >= 0.3 is 0 Å². The summed E-state index contributed by atoms with van der Waals surface area (Å²) in [4.78, 5) is 10.6. The van der Waals surface area contributed by atoms with Gasteiger partial charge in [-0.3, -0.25) is 4.90 Å². The standard InChI is InChI=1S/C24H23N5O4S/c1-31-17-8-6-16(7-9-17)27-10-12-28(13-11-27)20(18-4-2-14-32-18)21-23(30)29-24(34-21)25-22(26-29)19-5-3-15-33-19/h2-9,14-15,20,30H,10-13H2,1H3/t20-/m1/s1. The highest BCUT2D eigenvalue weighted by Crippen LogP contribution is 2.41. The summed E-state index contributed by atoms with van der Waals surface area (Å²) in [5, 5.41) is 15.6. The van der Waals surface area contributed by atoms with Crippen LogP contribution in [0.25, 0.3) is 16.5 Å². The maximum atomic E-state index is 11.1. The van der Waals surface area contributed by atoms with E-state index in [0.29, 0.717) is 16.5 Å². The van der Waals surface area contributed by atoms with Gasteiger partial charge in [0.25, 0.3) is 0 Å². The van der Waals surface area contributed by atoms with Crippen LogP contribution in [-0.4, -0.2) is 57.9 Å². The molecule has 0 radical (unpaired) electrons. The minimum atomic E-state index is -0.228. The van der Waals surface area contributed by atoms with Crippen molar-refractivity contribution in [3.05, 3.63) is 71.7 Å². The quantitative estimate of drug-likeness (QED) is 0.388. The molecule has 1 fully saturated rings. The second-order valence-electron chi connectivity index (χ2n) is 8.04. The van der Waals surface area contributed by atoms with Crippen LogP contribution in [0.15, 0.2) is 69.9 Å². The van der Waals surface area contributed by atoms with Crippen molar-refractivity contribution in [2.75, 3.05) is 38.2 Å². The molecule has 1 aliphatic rings. The zero-order chi connectivity index (χ0) is 23.1. The Bertz CT molecular complexity index is 1370. The second kappa shape index (κ2) is 8.54. The molecule has 34 heavy (non-hydrogen) atoms. The van der Waals surface area contributed by atoms with Gasteiger partial charge in [0.15, 0.2) is 5.76 Å². The van der Waals surface area contributed by atoms with Crippen molar-refractivity contribution in [1.82, 2.24) is 19.5 Å². The van der Waals surface area contributed by atoms with Gasteiger partial charge in [0.2, 0.25) is 16.7 Å². The largest absolute Gasteiger partial charge is 0.497 e. The number of thiazole rings is 1. The molecule has 0 spiro atoms. The number of rotatable bonds is 6. The fourth-order valence-electron chi connectivity index (χ4n) is 4.39. The predicted octanol–water partition coefficient (Wildman–Crippen LogP) is 4.27. The highest BCUT2D eigenvalue weighted by molar-refractivity contribution is 7.17. The molecule has 174 valence electrons. The Morgan fingerprint density at radius 3 is 2.41 bits per heavy atom. The van der Waals surface area contributed by atoms with Gasteiger partial charge in [-0.2, -0.15) is 9.50 Å². The Kier molecular flexibility index (Phi) is 5.23. The smallest absolute Gasteiger partial charge is 0.230 e. The summed E-state index contributed by atoms with van der Waals surface area (Å²) in [5.74, 6) is 2.71. The Morgan fingerprint density at radius 1 is 1.00 bits per heavy atom. The first kappa shape index (κ1) is 20.8. The van der Waals surface area contributed by atoms with Gasteiger partial charge in [-0.05, 0) is 48.5 Å². The molecule has 5 heterocycles. The van der Waals surface area contributed by atoms with E-state index in [1.807, 2.05) is 24.3 Å². The molecule has 0 aliphatic carbocycles. The van der Waals surface area contributed by atoms with Crippen LogP contribution in [-0.2, 0) is 0 Å². The van der Waals surface area contributed by atoms with E-state index in [-0.39, 0.29) is 11.9 Å². The van der Waals surface area contributed by atoms with Crippen LogP contribution in [0, 0.1) is 0 Å². The Labute approximate surface area is 199 Å². The van der Waals surface area contributed by atoms with Crippen LogP contribution < -0.4 is 9.64 Å². The van der Waals surface area contributed by atoms with E-state index in [1.54, 1.807) is 31.8 Å². The normalized spacial score (nSPS) is 15.7. The predicted molar refractivity (Wildman–Crippen MR) is 128 cm³/mol. The fraction of sp³-hybridized carbons (Fsp3) is 0.250. The molecule has 4 aromatic heterocycles. The number of hydrogen-bond donors (Lipinski definition) is 1. The lowest BCUT2D eigenvalue weighted by Crippen LogP contribution is -2.47. The van der Waals surface area contributed by atoms with Crippen LogP contribution >= 0.6 is 11.3 Å². The Morgan fingerprint density at radius 2 is 1.76 bits per heavy atom. The number of methoxy groups -OCH3 is 1. The van der Waals surface area contributed by atoms with Gasteiger partial charge in [0, 0.05) is 31.9 Å². The van der Waals surface area contributed by atoms with Crippen LogP contribution in [0.2, 0.25) is 0 Å². The number of aromatic hydroxyl groups is 1. The van der Waals surface area contributed by atoms with E-state index in [9.17, 15) is 5.11 Å². The first-order chi connectivity index (χ1) is 16.7. The van der Waals surface area contributed by atoms with Crippen LogP contribution in [0.5, 0.6) is 11.6 Å². The highest BCUT2D eigenvalue weighted by Gasteiger charge is 2.33. The average molecular weight is 478 g/mol. The highest BCUT2D eigenvalue weighted by atomic mass is 32.1. The molecule has 1 atom stereocenters. The van der Waals surface area contributed by atoms with E-state index in [1.165, 1.54) is 21.5 Å². The molecule has 1 aromatic carbocycles. The minimum Gasteiger partial charge on any atom is -0.497 e. The summed E-state index contributed by atoms with van der Waals surface area (Å²) >= 11 is 1.41. The lowest BCUT2D eigenvalue weighted by molar-refractivity contribution is 0.191. The van der Waals surface area contributed by atoms with E-state index in [4.69, 9.17) is 13.6 Å². The van der Waals surface area contributed by atoms with Crippen LogP contribution in [0.1, 0.15) is 16.7 Å². The van der Waals surface area contributed by atoms with Crippen molar-refractivity contribution < 1.29 is 18.7 Å². The lowest BCUT2D eigenvalue weighted by atomic mass is 10.1. The molecule has 6 rings (SSSR count).